The van der Waals surface area contributed by atoms with Crippen LogP contribution in [0.5, 0.6) is 0 Å². The van der Waals surface area contributed by atoms with E-state index in [9.17, 15) is 14.9 Å². The quantitative estimate of drug-likeness (QED) is 0.388. The molecule has 0 aliphatic carbocycles. The number of carbonyl (C=O) groups is 1. The summed E-state index contributed by atoms with van der Waals surface area (Å²) in [6.07, 6.45) is 0. The average Bonchev–Trinajstić information content (AvgIpc) is 2.16. The van der Waals surface area contributed by atoms with Crippen LogP contribution in [0.15, 0.2) is 12.1 Å². The highest BCUT2D eigenvalue weighted by molar-refractivity contribution is 5.93. The van der Waals surface area contributed by atoms with Gasteiger partial charge in [-0.1, -0.05) is 0 Å². The number of hydrogen-bond acceptors (Lipinski definition) is 5. The average molecular weight is 211 g/mol. The van der Waals surface area contributed by atoms with Crippen molar-refractivity contribution in [2.24, 2.45) is 0 Å². The molecule has 15 heavy (non-hydrogen) atoms. The smallest absolute Gasteiger partial charge is 0.336 e. The fourth-order valence-electron chi connectivity index (χ4n) is 1.19. The van der Waals surface area contributed by atoms with E-state index in [0.717, 1.165) is 6.07 Å². The molecule has 0 saturated heterocycles. The van der Waals surface area contributed by atoms with Gasteiger partial charge >= 0.3 is 5.97 Å². The number of benzene rings is 1. The number of carboxylic acids is 1. The lowest BCUT2D eigenvalue weighted by Crippen LogP contribution is -2.05. The minimum absolute atomic E-state index is 0.0316. The van der Waals surface area contributed by atoms with Gasteiger partial charge in [-0.15, -0.1) is 0 Å². The van der Waals surface area contributed by atoms with Crippen molar-refractivity contribution in [1.82, 2.24) is 0 Å². The molecule has 0 aliphatic rings. The van der Waals surface area contributed by atoms with E-state index in [2.05, 4.69) is 5.32 Å². The van der Waals surface area contributed by atoms with Gasteiger partial charge in [0.2, 0.25) is 0 Å². The number of anilines is 2. The Kier molecular flexibility index (Phi) is 2.75. The molecule has 1 rings (SSSR count). The van der Waals surface area contributed by atoms with Crippen LogP contribution in [0.2, 0.25) is 0 Å². The summed E-state index contributed by atoms with van der Waals surface area (Å²) in [5.41, 5.74) is 5.06. The Balaban J connectivity index is 3.45. The number of rotatable bonds is 3. The van der Waals surface area contributed by atoms with E-state index >= 15 is 0 Å². The second-order valence-corrected chi connectivity index (χ2v) is 2.77. The summed E-state index contributed by atoms with van der Waals surface area (Å²) >= 11 is 0. The summed E-state index contributed by atoms with van der Waals surface area (Å²) in [6, 6.07) is 2.13. The molecule has 4 N–H and O–H groups in total. The molecule has 7 heteroatoms. The molecule has 80 valence electrons. The molecule has 0 atom stereocenters. The first-order chi connectivity index (χ1) is 6.97. The second kappa shape index (κ2) is 3.82. The van der Waals surface area contributed by atoms with Gasteiger partial charge in [0.25, 0.3) is 5.69 Å². The first kappa shape index (κ1) is 10.8. The van der Waals surface area contributed by atoms with Crippen molar-refractivity contribution in [3.63, 3.8) is 0 Å². The van der Waals surface area contributed by atoms with Gasteiger partial charge in [0.1, 0.15) is 5.69 Å². The molecule has 0 unspecified atom stereocenters. The van der Waals surface area contributed by atoms with Crippen LogP contribution in [0.3, 0.4) is 0 Å². The van der Waals surface area contributed by atoms with Crippen molar-refractivity contribution in [3.8, 4) is 0 Å². The van der Waals surface area contributed by atoms with Crippen LogP contribution in [-0.2, 0) is 0 Å². The van der Waals surface area contributed by atoms with Crippen LogP contribution < -0.4 is 11.1 Å². The molecular formula is C8H9N3O4. The van der Waals surface area contributed by atoms with Gasteiger partial charge in [-0.3, -0.25) is 10.1 Å². The maximum atomic E-state index is 10.6. The summed E-state index contributed by atoms with van der Waals surface area (Å²) in [4.78, 5) is 20.6. The molecule has 0 amide bonds. The molecule has 0 bridgehead atoms. The molecule has 1 aromatic rings. The van der Waals surface area contributed by atoms with Crippen molar-refractivity contribution in [2.75, 3.05) is 18.1 Å². The molecule has 0 spiro atoms. The van der Waals surface area contributed by atoms with Gasteiger partial charge in [0.05, 0.1) is 16.2 Å². The predicted octanol–water partition coefficient (Wildman–Crippen LogP) is 0.917. The van der Waals surface area contributed by atoms with Gasteiger partial charge in [-0.05, 0) is 6.07 Å². The third-order valence-corrected chi connectivity index (χ3v) is 1.84. The van der Waals surface area contributed by atoms with E-state index < -0.39 is 10.9 Å². The van der Waals surface area contributed by atoms with Crippen molar-refractivity contribution in [3.05, 3.63) is 27.8 Å². The number of hydrogen-bond donors (Lipinski definition) is 3. The van der Waals surface area contributed by atoms with E-state index in [0.29, 0.717) is 0 Å². The van der Waals surface area contributed by atoms with Gasteiger partial charge in [0.15, 0.2) is 0 Å². The summed E-state index contributed by atoms with van der Waals surface area (Å²) in [7, 11) is 1.47. The maximum absolute atomic E-state index is 10.6. The highest BCUT2D eigenvalue weighted by Crippen LogP contribution is 2.31. The fourth-order valence-corrected chi connectivity index (χ4v) is 1.19. The summed E-state index contributed by atoms with van der Waals surface area (Å²) in [5.74, 6) is -1.26. The van der Waals surface area contributed by atoms with Crippen LogP contribution in [0.4, 0.5) is 17.1 Å². The van der Waals surface area contributed by atoms with Crippen molar-refractivity contribution >= 4 is 23.0 Å². The Bertz CT molecular complexity index is 430. The molecule has 0 radical (unpaired) electrons. The number of nitrogens with two attached hydrogens (primary N) is 1. The largest absolute Gasteiger partial charge is 0.478 e. The van der Waals surface area contributed by atoms with Crippen LogP contribution in [0.25, 0.3) is 0 Å². The Morgan fingerprint density at radius 3 is 2.60 bits per heavy atom. The zero-order valence-electron chi connectivity index (χ0n) is 7.85. The van der Waals surface area contributed by atoms with E-state index in [1.165, 1.54) is 13.1 Å². The number of nitrogen functional groups attached to an aromatic ring is 1. The van der Waals surface area contributed by atoms with Crippen LogP contribution in [0, 0.1) is 10.1 Å². The van der Waals surface area contributed by atoms with Crippen molar-refractivity contribution in [1.29, 1.82) is 0 Å². The van der Waals surface area contributed by atoms with Crippen molar-refractivity contribution < 1.29 is 14.8 Å². The fraction of sp³-hybridized carbons (Fsp3) is 0.125. The number of carboxylic acid groups (broad SMARTS) is 1. The third kappa shape index (κ3) is 1.96. The zero-order chi connectivity index (χ0) is 11.6. The summed E-state index contributed by atoms with van der Waals surface area (Å²) in [5, 5.41) is 21.9. The summed E-state index contributed by atoms with van der Waals surface area (Å²) in [6.45, 7) is 0. The minimum Gasteiger partial charge on any atom is -0.478 e. The van der Waals surface area contributed by atoms with E-state index in [-0.39, 0.29) is 22.6 Å². The Morgan fingerprint density at radius 1 is 1.60 bits per heavy atom. The van der Waals surface area contributed by atoms with Crippen molar-refractivity contribution in [2.45, 2.75) is 0 Å². The molecule has 0 heterocycles. The molecule has 7 nitrogen and oxygen atoms in total. The van der Waals surface area contributed by atoms with E-state index in [1.54, 1.807) is 0 Å². The van der Waals surface area contributed by atoms with Crippen LogP contribution >= 0.6 is 0 Å². The molecule has 1 aromatic carbocycles. The predicted molar refractivity (Wildman–Crippen MR) is 54.0 cm³/mol. The molecule has 0 aliphatic heterocycles. The highest BCUT2D eigenvalue weighted by atomic mass is 16.6. The SMILES string of the molecule is CNc1c(N)cc(C(=O)O)cc1[N+](=O)[O-]. The number of aromatic carboxylic acids is 1. The zero-order valence-corrected chi connectivity index (χ0v) is 7.85. The Hall–Kier alpha value is -2.31. The number of nitrogens with one attached hydrogen (secondary N) is 1. The van der Waals surface area contributed by atoms with Crippen LogP contribution in [0.1, 0.15) is 10.4 Å². The van der Waals surface area contributed by atoms with E-state index in [4.69, 9.17) is 10.8 Å². The summed E-state index contributed by atoms with van der Waals surface area (Å²) < 4.78 is 0. The Labute approximate surface area is 84.7 Å². The lowest BCUT2D eigenvalue weighted by molar-refractivity contribution is -0.383. The van der Waals surface area contributed by atoms with E-state index in [1.807, 2.05) is 0 Å². The third-order valence-electron chi connectivity index (χ3n) is 1.84. The Morgan fingerprint density at radius 2 is 2.20 bits per heavy atom. The first-order valence-electron chi connectivity index (χ1n) is 3.96. The topological polar surface area (TPSA) is 118 Å². The first-order valence-corrected chi connectivity index (χ1v) is 3.96. The lowest BCUT2D eigenvalue weighted by atomic mass is 10.1. The second-order valence-electron chi connectivity index (χ2n) is 2.77. The van der Waals surface area contributed by atoms with Gasteiger partial charge in [-0.2, -0.15) is 0 Å². The number of nitro groups is 1. The minimum atomic E-state index is -1.26. The molecule has 0 saturated carbocycles. The number of nitro benzene ring substituents is 1. The molecule has 0 aromatic heterocycles. The molecule has 0 fully saturated rings. The lowest BCUT2D eigenvalue weighted by Gasteiger charge is -2.06. The van der Waals surface area contributed by atoms with Gasteiger partial charge in [0, 0.05) is 13.1 Å². The van der Waals surface area contributed by atoms with Gasteiger partial charge < -0.3 is 16.2 Å². The monoisotopic (exact) mass is 211 g/mol. The number of nitrogens with zero attached hydrogens (tertiary/aromatic N) is 1. The van der Waals surface area contributed by atoms with Crippen LogP contribution in [-0.4, -0.2) is 23.0 Å². The maximum Gasteiger partial charge on any atom is 0.336 e. The highest BCUT2D eigenvalue weighted by Gasteiger charge is 2.19. The van der Waals surface area contributed by atoms with Gasteiger partial charge in [-0.25, -0.2) is 4.79 Å². The normalized spacial score (nSPS) is 9.67. The molecular weight excluding hydrogens is 202 g/mol. The standard InChI is InChI=1S/C8H9N3O4/c1-10-7-5(9)2-4(8(12)13)3-6(7)11(14)15/h2-3,10H,9H2,1H3,(H,12,13).